The van der Waals surface area contributed by atoms with Crippen LogP contribution in [0.4, 0.5) is 11.4 Å². The Morgan fingerprint density at radius 1 is 0.850 bits per heavy atom. The first-order chi connectivity index (χ1) is 9.47. The van der Waals surface area contributed by atoms with E-state index in [9.17, 15) is 0 Å². The molecule has 0 aromatic heterocycles. The molecule has 0 atom stereocenters. The number of anilines is 2. The van der Waals surface area contributed by atoms with Crippen LogP contribution in [0, 0.1) is 20.8 Å². The van der Waals surface area contributed by atoms with Gasteiger partial charge in [0.2, 0.25) is 0 Å². The summed E-state index contributed by atoms with van der Waals surface area (Å²) in [6.45, 7) is 7.31. The second-order valence-corrected chi connectivity index (χ2v) is 5.67. The fourth-order valence-corrected chi connectivity index (χ4v) is 2.32. The summed E-state index contributed by atoms with van der Waals surface area (Å²) in [6, 6.07) is 13.1. The van der Waals surface area contributed by atoms with Crippen molar-refractivity contribution in [3.8, 4) is 0 Å². The zero-order chi connectivity index (χ0) is 14.7. The average Bonchev–Trinajstić information content (AvgIpc) is 2.41. The SMILES string of the molecule is Cc1ccc(CNc2ccc(C)c(N(C)C)c2)cc1C. The van der Waals surface area contributed by atoms with Gasteiger partial charge in [0.25, 0.3) is 0 Å². The molecule has 0 amide bonds. The molecule has 2 aromatic rings. The average molecular weight is 268 g/mol. The second-order valence-electron chi connectivity index (χ2n) is 5.67. The third-order valence-electron chi connectivity index (χ3n) is 3.76. The summed E-state index contributed by atoms with van der Waals surface area (Å²) in [4.78, 5) is 2.15. The highest BCUT2D eigenvalue weighted by Crippen LogP contribution is 2.23. The standard InChI is InChI=1S/C18H24N2/c1-13-6-8-16(10-15(13)3)12-19-17-9-7-14(2)18(11-17)20(4)5/h6-11,19H,12H2,1-5H3. The fraction of sp³-hybridized carbons (Fsp3) is 0.333. The van der Waals surface area contributed by atoms with Gasteiger partial charge in [-0.3, -0.25) is 0 Å². The van der Waals surface area contributed by atoms with Crippen LogP contribution in [-0.2, 0) is 6.54 Å². The maximum atomic E-state index is 3.50. The zero-order valence-corrected chi connectivity index (χ0v) is 13.1. The van der Waals surface area contributed by atoms with E-state index in [1.54, 1.807) is 0 Å². The van der Waals surface area contributed by atoms with Crippen molar-refractivity contribution in [2.75, 3.05) is 24.3 Å². The summed E-state index contributed by atoms with van der Waals surface area (Å²) >= 11 is 0. The molecule has 0 radical (unpaired) electrons. The monoisotopic (exact) mass is 268 g/mol. The van der Waals surface area contributed by atoms with E-state index in [0.29, 0.717) is 0 Å². The molecule has 20 heavy (non-hydrogen) atoms. The molecule has 0 unspecified atom stereocenters. The molecule has 2 rings (SSSR count). The number of benzene rings is 2. The molecule has 0 spiro atoms. The van der Waals surface area contributed by atoms with Gasteiger partial charge in [0, 0.05) is 32.0 Å². The minimum absolute atomic E-state index is 0.858. The number of nitrogens with zero attached hydrogens (tertiary/aromatic N) is 1. The quantitative estimate of drug-likeness (QED) is 0.890. The van der Waals surface area contributed by atoms with Crippen molar-refractivity contribution in [2.45, 2.75) is 27.3 Å². The first-order valence-corrected chi connectivity index (χ1v) is 7.05. The van der Waals surface area contributed by atoms with Crippen LogP contribution in [0.25, 0.3) is 0 Å². The van der Waals surface area contributed by atoms with Gasteiger partial charge in [-0.15, -0.1) is 0 Å². The Morgan fingerprint density at radius 3 is 2.20 bits per heavy atom. The lowest BCUT2D eigenvalue weighted by atomic mass is 10.1. The van der Waals surface area contributed by atoms with E-state index in [4.69, 9.17) is 0 Å². The lowest BCUT2D eigenvalue weighted by Gasteiger charge is -2.17. The molecule has 0 bridgehead atoms. The van der Waals surface area contributed by atoms with Crippen molar-refractivity contribution in [1.82, 2.24) is 0 Å². The van der Waals surface area contributed by atoms with Gasteiger partial charge in [-0.1, -0.05) is 24.3 Å². The molecule has 2 nitrogen and oxygen atoms in total. The largest absolute Gasteiger partial charge is 0.381 e. The van der Waals surface area contributed by atoms with Gasteiger partial charge in [0.05, 0.1) is 0 Å². The summed E-state index contributed by atoms with van der Waals surface area (Å²) in [5.41, 5.74) is 7.74. The van der Waals surface area contributed by atoms with Gasteiger partial charge in [0.1, 0.15) is 0 Å². The summed E-state index contributed by atoms with van der Waals surface area (Å²) in [6.07, 6.45) is 0. The van der Waals surface area contributed by atoms with Crippen molar-refractivity contribution in [2.24, 2.45) is 0 Å². The van der Waals surface area contributed by atoms with E-state index in [-0.39, 0.29) is 0 Å². The van der Waals surface area contributed by atoms with Gasteiger partial charge >= 0.3 is 0 Å². The van der Waals surface area contributed by atoms with Crippen LogP contribution in [0.5, 0.6) is 0 Å². The number of rotatable bonds is 4. The Kier molecular flexibility index (Phi) is 4.33. The molecule has 106 valence electrons. The van der Waals surface area contributed by atoms with Gasteiger partial charge < -0.3 is 10.2 Å². The number of aryl methyl sites for hydroxylation is 3. The molecule has 0 saturated heterocycles. The van der Waals surface area contributed by atoms with Gasteiger partial charge in [-0.25, -0.2) is 0 Å². The Balaban J connectivity index is 2.10. The highest BCUT2D eigenvalue weighted by atomic mass is 15.1. The summed E-state index contributed by atoms with van der Waals surface area (Å²) < 4.78 is 0. The summed E-state index contributed by atoms with van der Waals surface area (Å²) in [7, 11) is 4.16. The van der Waals surface area contributed by atoms with Gasteiger partial charge in [-0.05, 0) is 55.2 Å². The van der Waals surface area contributed by atoms with Crippen LogP contribution >= 0.6 is 0 Å². The highest BCUT2D eigenvalue weighted by Gasteiger charge is 2.03. The first-order valence-electron chi connectivity index (χ1n) is 7.05. The van der Waals surface area contributed by atoms with E-state index < -0.39 is 0 Å². The van der Waals surface area contributed by atoms with Gasteiger partial charge in [-0.2, -0.15) is 0 Å². The molecule has 2 heteroatoms. The maximum absolute atomic E-state index is 3.50. The van der Waals surface area contributed by atoms with E-state index in [0.717, 1.165) is 12.2 Å². The Labute approximate surface area is 122 Å². The smallest absolute Gasteiger partial charge is 0.0411 e. The van der Waals surface area contributed by atoms with Crippen molar-refractivity contribution in [3.05, 3.63) is 58.7 Å². The van der Waals surface area contributed by atoms with Crippen LogP contribution in [-0.4, -0.2) is 14.1 Å². The van der Waals surface area contributed by atoms with Crippen molar-refractivity contribution >= 4 is 11.4 Å². The minimum atomic E-state index is 0.858. The third-order valence-corrected chi connectivity index (χ3v) is 3.76. The molecule has 2 aromatic carbocycles. The lowest BCUT2D eigenvalue weighted by Crippen LogP contribution is -2.11. The van der Waals surface area contributed by atoms with Crippen molar-refractivity contribution in [3.63, 3.8) is 0 Å². The number of hydrogen-bond acceptors (Lipinski definition) is 2. The second kappa shape index (κ2) is 6.00. The Morgan fingerprint density at radius 2 is 1.55 bits per heavy atom. The van der Waals surface area contributed by atoms with E-state index >= 15 is 0 Å². The highest BCUT2D eigenvalue weighted by molar-refractivity contribution is 5.62. The molecular weight excluding hydrogens is 244 g/mol. The predicted octanol–water partition coefficient (Wildman–Crippen LogP) is 4.29. The van der Waals surface area contributed by atoms with Crippen LogP contribution in [0.3, 0.4) is 0 Å². The molecule has 0 saturated carbocycles. The summed E-state index contributed by atoms with van der Waals surface area (Å²) in [5, 5.41) is 3.50. The van der Waals surface area contributed by atoms with E-state index in [2.05, 4.69) is 81.5 Å². The molecule has 0 aliphatic heterocycles. The molecular formula is C18H24N2. The Hall–Kier alpha value is -1.96. The minimum Gasteiger partial charge on any atom is -0.381 e. The third kappa shape index (κ3) is 3.32. The molecule has 0 aliphatic carbocycles. The van der Waals surface area contributed by atoms with Gasteiger partial charge in [0.15, 0.2) is 0 Å². The lowest BCUT2D eigenvalue weighted by molar-refractivity contribution is 1.10. The molecule has 0 fully saturated rings. The first kappa shape index (κ1) is 14.4. The normalized spacial score (nSPS) is 10.4. The van der Waals surface area contributed by atoms with Crippen molar-refractivity contribution < 1.29 is 0 Å². The fourth-order valence-electron chi connectivity index (χ4n) is 2.32. The van der Waals surface area contributed by atoms with Crippen LogP contribution in [0.1, 0.15) is 22.3 Å². The van der Waals surface area contributed by atoms with Crippen LogP contribution in [0.2, 0.25) is 0 Å². The van der Waals surface area contributed by atoms with E-state index in [1.807, 2.05) is 0 Å². The number of hydrogen-bond donors (Lipinski definition) is 1. The topological polar surface area (TPSA) is 15.3 Å². The Bertz CT molecular complexity index is 600. The van der Waals surface area contributed by atoms with Crippen LogP contribution in [0.15, 0.2) is 36.4 Å². The predicted molar refractivity (Wildman–Crippen MR) is 88.7 cm³/mol. The van der Waals surface area contributed by atoms with Crippen LogP contribution < -0.4 is 10.2 Å². The number of nitrogens with one attached hydrogen (secondary N) is 1. The molecule has 1 N–H and O–H groups in total. The summed E-state index contributed by atoms with van der Waals surface area (Å²) in [5.74, 6) is 0. The molecule has 0 aliphatic rings. The van der Waals surface area contributed by atoms with Crippen molar-refractivity contribution in [1.29, 1.82) is 0 Å². The zero-order valence-electron chi connectivity index (χ0n) is 13.1. The van der Waals surface area contributed by atoms with E-state index in [1.165, 1.54) is 27.9 Å². The maximum Gasteiger partial charge on any atom is 0.0411 e. The molecule has 0 heterocycles.